The third kappa shape index (κ3) is 13.0. The third-order valence-corrected chi connectivity index (χ3v) is 8.87. The second-order valence-electron chi connectivity index (χ2n) is 13.1. The third-order valence-electron chi connectivity index (χ3n) is 8.87. The molecule has 18 nitrogen and oxygen atoms in total. The van der Waals surface area contributed by atoms with Gasteiger partial charge < -0.3 is 47.6 Å². The molecule has 0 aromatic heterocycles. The van der Waals surface area contributed by atoms with Crippen LogP contribution < -0.4 is 38.2 Å². The molecule has 294 valence electrons. The predicted molar refractivity (Wildman–Crippen MR) is 198 cm³/mol. The molecule has 0 bridgehead atoms. The number of hydroxylamine groups is 1. The van der Waals surface area contributed by atoms with E-state index in [9.17, 15) is 38.7 Å². The minimum Gasteiger partial charge on any atom is -0.508 e. The zero-order valence-electron chi connectivity index (χ0n) is 30.4. The predicted octanol–water partition coefficient (Wildman–Crippen LogP) is -1.63. The van der Waals surface area contributed by atoms with Gasteiger partial charge in [-0.3, -0.25) is 38.6 Å². The Labute approximate surface area is 317 Å². The van der Waals surface area contributed by atoms with Crippen molar-refractivity contribution < 1.29 is 43.5 Å². The van der Waals surface area contributed by atoms with Crippen LogP contribution in [0.2, 0.25) is 0 Å². The SMILES string of the molecule is CC(=O)ON[C@H]1CNC(=O)C=C[C@@H](Cc2ccc(O)cc2)NC(=O)[C@@H](Cc2ccccc2)NC(=O)C(=O)[C@@H](CCCN=C(N)N)NC(=O)[C@@H]2CCCN2C1=O. The molecular weight excluding hydrogens is 714 g/mol. The molecule has 0 unspecified atom stereocenters. The number of benzene rings is 2. The van der Waals surface area contributed by atoms with Crippen LogP contribution in [0.4, 0.5) is 0 Å². The lowest BCUT2D eigenvalue weighted by Crippen LogP contribution is -2.58. The summed E-state index contributed by atoms with van der Waals surface area (Å²) in [5.74, 6) is -5.83. The molecule has 2 heterocycles. The van der Waals surface area contributed by atoms with Crippen molar-refractivity contribution in [3.63, 3.8) is 0 Å². The number of fused-ring (bicyclic) bond motifs is 1. The van der Waals surface area contributed by atoms with Crippen molar-refractivity contribution in [2.75, 3.05) is 19.6 Å². The van der Waals surface area contributed by atoms with Crippen molar-refractivity contribution in [3.8, 4) is 5.75 Å². The molecule has 0 saturated carbocycles. The van der Waals surface area contributed by atoms with E-state index in [0.717, 1.165) is 13.0 Å². The Morgan fingerprint density at radius 3 is 2.33 bits per heavy atom. The van der Waals surface area contributed by atoms with Gasteiger partial charge in [0, 0.05) is 39.1 Å². The van der Waals surface area contributed by atoms with Gasteiger partial charge in [0.2, 0.25) is 29.4 Å². The Morgan fingerprint density at radius 2 is 1.64 bits per heavy atom. The number of carbonyl (C=O) groups is 7. The fraction of sp³-hybridized carbons (Fsp3) is 0.405. The summed E-state index contributed by atoms with van der Waals surface area (Å²) in [5.41, 5.74) is 14.6. The molecule has 0 radical (unpaired) electrons. The Bertz CT molecular complexity index is 1760. The van der Waals surface area contributed by atoms with Gasteiger partial charge in [0.25, 0.3) is 5.91 Å². The number of rotatable bonds is 10. The van der Waals surface area contributed by atoms with Crippen LogP contribution in [0.1, 0.15) is 43.7 Å². The number of guanidine groups is 1. The molecule has 1 saturated heterocycles. The summed E-state index contributed by atoms with van der Waals surface area (Å²) in [6.07, 6.45) is 3.46. The molecule has 0 spiro atoms. The van der Waals surface area contributed by atoms with Gasteiger partial charge in [-0.25, -0.2) is 0 Å². The number of aliphatic imine (C=N–C) groups is 1. The van der Waals surface area contributed by atoms with Gasteiger partial charge >= 0.3 is 5.97 Å². The van der Waals surface area contributed by atoms with Crippen molar-refractivity contribution in [1.82, 2.24) is 31.6 Å². The molecule has 2 aliphatic rings. The van der Waals surface area contributed by atoms with Crippen LogP contribution in [0, 0.1) is 0 Å². The molecule has 4 rings (SSSR count). The summed E-state index contributed by atoms with van der Waals surface area (Å²) in [6.45, 7) is 0.975. The van der Waals surface area contributed by atoms with E-state index in [2.05, 4.69) is 31.7 Å². The highest BCUT2D eigenvalue weighted by atomic mass is 16.7. The average Bonchev–Trinajstić information content (AvgIpc) is 3.65. The summed E-state index contributed by atoms with van der Waals surface area (Å²) < 4.78 is 0. The van der Waals surface area contributed by atoms with Crippen molar-refractivity contribution in [2.45, 2.75) is 75.7 Å². The second kappa shape index (κ2) is 20.2. The molecule has 2 aromatic carbocycles. The summed E-state index contributed by atoms with van der Waals surface area (Å²) >= 11 is 0. The highest BCUT2D eigenvalue weighted by Gasteiger charge is 2.40. The largest absolute Gasteiger partial charge is 0.508 e. The van der Waals surface area contributed by atoms with Gasteiger partial charge in [0.05, 0.1) is 12.1 Å². The lowest BCUT2D eigenvalue weighted by Gasteiger charge is -2.29. The summed E-state index contributed by atoms with van der Waals surface area (Å²) in [6, 6.07) is 9.09. The molecule has 18 heteroatoms. The monoisotopic (exact) mass is 761 g/mol. The highest BCUT2D eigenvalue weighted by Crippen LogP contribution is 2.20. The first-order chi connectivity index (χ1) is 26.3. The number of hydrogen-bond acceptors (Lipinski definition) is 11. The molecule has 2 aliphatic heterocycles. The van der Waals surface area contributed by atoms with Crippen molar-refractivity contribution in [3.05, 3.63) is 77.9 Å². The lowest BCUT2D eigenvalue weighted by atomic mass is 10.0. The highest BCUT2D eigenvalue weighted by molar-refractivity contribution is 6.38. The van der Waals surface area contributed by atoms with Crippen molar-refractivity contribution in [1.29, 1.82) is 0 Å². The van der Waals surface area contributed by atoms with Crippen LogP contribution in [-0.2, 0) is 51.2 Å². The number of nitrogens with one attached hydrogen (secondary N) is 5. The van der Waals surface area contributed by atoms with Gasteiger partial charge in [-0.15, -0.1) is 5.48 Å². The van der Waals surface area contributed by atoms with E-state index in [1.54, 1.807) is 42.5 Å². The average molecular weight is 762 g/mol. The zero-order chi connectivity index (χ0) is 39.9. The summed E-state index contributed by atoms with van der Waals surface area (Å²) in [5, 5.41) is 20.4. The van der Waals surface area contributed by atoms with Crippen LogP contribution in [0.5, 0.6) is 5.75 Å². The number of ketones is 1. The summed E-state index contributed by atoms with van der Waals surface area (Å²) in [7, 11) is 0. The number of carbonyl (C=O) groups excluding carboxylic acids is 7. The van der Waals surface area contributed by atoms with Gasteiger partial charge in [-0.1, -0.05) is 48.5 Å². The van der Waals surface area contributed by atoms with Gasteiger partial charge in [0.1, 0.15) is 23.9 Å². The Hall–Kier alpha value is -6.30. The van der Waals surface area contributed by atoms with Crippen LogP contribution in [0.25, 0.3) is 0 Å². The van der Waals surface area contributed by atoms with E-state index in [-0.39, 0.29) is 63.4 Å². The minimum absolute atomic E-state index is 0.0147. The molecule has 10 N–H and O–H groups in total. The number of nitrogens with zero attached hydrogens (tertiary/aromatic N) is 2. The first-order valence-corrected chi connectivity index (χ1v) is 17.8. The number of hydrogen-bond donors (Lipinski definition) is 8. The van der Waals surface area contributed by atoms with Gasteiger partial charge in [-0.2, -0.15) is 0 Å². The first-order valence-electron chi connectivity index (χ1n) is 17.8. The smallest absolute Gasteiger partial charge is 0.321 e. The molecule has 2 aromatic rings. The van der Waals surface area contributed by atoms with Crippen molar-refractivity contribution >= 4 is 47.2 Å². The van der Waals surface area contributed by atoms with Gasteiger partial charge in [-0.05, 0) is 55.4 Å². The summed E-state index contributed by atoms with van der Waals surface area (Å²) in [4.78, 5) is 104. The number of nitrogens with two attached hydrogens (primary N) is 2. The Balaban J connectivity index is 1.72. The normalized spacial score (nSPS) is 22.9. The molecular formula is C37H47N9O9. The van der Waals surface area contributed by atoms with E-state index < -0.39 is 71.5 Å². The maximum absolute atomic E-state index is 14.0. The molecule has 1 fully saturated rings. The topological polar surface area (TPSA) is 277 Å². The van der Waals surface area contributed by atoms with E-state index >= 15 is 0 Å². The number of phenols is 1. The van der Waals surface area contributed by atoms with Crippen LogP contribution in [-0.4, -0.2) is 107 Å². The standard InChI is InChI=1S/C37H47N9O9/c1-22(47)55-45-29-21-41-31(49)16-13-25(19-24-11-14-26(48)15-12-24)42-33(51)28(20-23-7-3-2-4-8-23)44-35(53)32(50)27(9-5-17-40-37(38)39)43-34(52)30-10-6-18-46(30)36(29)54/h2-4,7-8,11-16,25,27-30,45,48H,5-6,9-10,17-21H2,1H3,(H,41,49)(H,42,51)(H,43,52)(H,44,53)(H4,38,39,40)/t25-,27+,28+,29-,30-/m0/s1. The zero-order valence-corrected chi connectivity index (χ0v) is 30.4. The van der Waals surface area contributed by atoms with Crippen LogP contribution in [0.3, 0.4) is 0 Å². The Morgan fingerprint density at radius 1 is 0.927 bits per heavy atom. The number of Topliss-reactive ketones (excluding diaryl/α,β-unsaturated/α-hetero) is 1. The van der Waals surface area contributed by atoms with E-state index in [4.69, 9.17) is 16.3 Å². The first kappa shape index (κ1) is 41.5. The minimum atomic E-state index is -1.39. The fourth-order valence-electron chi connectivity index (χ4n) is 6.13. The molecule has 5 amide bonds. The number of aromatic hydroxyl groups is 1. The molecule has 55 heavy (non-hydrogen) atoms. The quantitative estimate of drug-likeness (QED) is 0.0446. The molecule has 5 atom stereocenters. The number of amides is 5. The van der Waals surface area contributed by atoms with Gasteiger partial charge in [0.15, 0.2) is 5.96 Å². The van der Waals surface area contributed by atoms with E-state index in [0.29, 0.717) is 17.5 Å². The Kier molecular flexibility index (Phi) is 15.3. The number of phenolic OH excluding ortho intramolecular Hbond substituents is 1. The lowest BCUT2D eigenvalue weighted by molar-refractivity contribution is -0.155. The van der Waals surface area contributed by atoms with Crippen LogP contribution >= 0.6 is 0 Å². The molecule has 0 aliphatic carbocycles. The maximum Gasteiger partial charge on any atom is 0.321 e. The van der Waals surface area contributed by atoms with Crippen molar-refractivity contribution in [2.24, 2.45) is 16.5 Å². The van der Waals surface area contributed by atoms with E-state index in [1.165, 1.54) is 23.1 Å². The maximum atomic E-state index is 14.0. The van der Waals surface area contributed by atoms with E-state index in [1.807, 2.05) is 0 Å². The van der Waals surface area contributed by atoms with Crippen LogP contribution in [0.15, 0.2) is 71.7 Å². The fourth-order valence-corrected chi connectivity index (χ4v) is 6.13. The second-order valence-corrected chi connectivity index (χ2v) is 13.1.